The molecule has 3 aromatic carbocycles. The number of methoxy groups -OCH3 is 1. The number of ether oxygens (including phenoxy) is 2. The maximum atomic E-state index is 13.7. The third-order valence-corrected chi connectivity index (χ3v) is 4.89. The number of rotatable bonds is 10. The Labute approximate surface area is 219 Å². The van der Waals surface area contributed by atoms with Crippen LogP contribution in [0.5, 0.6) is 11.5 Å². The minimum atomic E-state index is -4.57. The summed E-state index contributed by atoms with van der Waals surface area (Å²) in [6.07, 6.45) is -4.00. The van der Waals surface area contributed by atoms with E-state index in [2.05, 4.69) is 21.2 Å². The summed E-state index contributed by atoms with van der Waals surface area (Å²) in [5.74, 6) is -2.35. The number of carbonyl (C=O) groups is 3. The molecule has 3 aromatic rings. The van der Waals surface area contributed by atoms with Crippen molar-refractivity contribution < 1.29 is 41.4 Å². The molecule has 0 bridgehead atoms. The lowest BCUT2D eigenvalue weighted by Crippen LogP contribution is -2.24. The number of para-hydroxylation sites is 1. The smallest absolute Gasteiger partial charge is 0.416 e. The fourth-order valence-corrected chi connectivity index (χ4v) is 3.12. The van der Waals surface area contributed by atoms with Gasteiger partial charge in [-0.3, -0.25) is 14.4 Å². The first-order valence-electron chi connectivity index (χ1n) is 11.2. The first kappa shape index (κ1) is 28.6. The highest BCUT2D eigenvalue weighted by Gasteiger charge is 2.30. The van der Waals surface area contributed by atoms with Crippen LogP contribution in [0.2, 0.25) is 0 Å². The Morgan fingerprint density at radius 2 is 1.67 bits per heavy atom. The van der Waals surface area contributed by atoms with E-state index in [0.717, 1.165) is 18.2 Å². The fraction of sp³-hybridized carbons (Fsp3) is 0.154. The molecule has 0 radical (unpaired) electrons. The molecule has 0 aliphatic carbocycles. The van der Waals surface area contributed by atoms with Crippen LogP contribution in [-0.4, -0.2) is 37.7 Å². The average Bonchev–Trinajstić information content (AvgIpc) is 2.88. The molecule has 0 aliphatic heterocycles. The van der Waals surface area contributed by atoms with E-state index < -0.39 is 48.3 Å². The maximum Gasteiger partial charge on any atom is 0.416 e. The van der Waals surface area contributed by atoms with Gasteiger partial charge in [0.1, 0.15) is 12.2 Å². The first-order chi connectivity index (χ1) is 18.5. The SMILES string of the molecule is COc1cc(C=NNC(=O)CC(=O)Nc2cccc(C(F)(F)F)c2)ccc1OCC(=O)Nc1ccccc1F. The molecule has 0 saturated heterocycles. The standard InChI is InChI=1S/C26H22F4N4O5/c1-38-22-11-16(9-10-21(22)39-15-25(37)33-20-8-3-2-7-19(20)27)14-31-34-24(36)13-23(35)32-18-6-4-5-17(12-18)26(28,29)30/h2-12,14H,13,15H2,1H3,(H,32,35)(H,33,37)(H,34,36). The second-order valence-electron chi connectivity index (χ2n) is 7.82. The van der Waals surface area contributed by atoms with Gasteiger partial charge >= 0.3 is 6.18 Å². The van der Waals surface area contributed by atoms with Crippen molar-refractivity contribution >= 4 is 35.3 Å². The van der Waals surface area contributed by atoms with Gasteiger partial charge in [0.25, 0.3) is 5.91 Å². The molecule has 39 heavy (non-hydrogen) atoms. The zero-order valence-electron chi connectivity index (χ0n) is 20.3. The van der Waals surface area contributed by atoms with Gasteiger partial charge in [-0.25, -0.2) is 9.82 Å². The van der Waals surface area contributed by atoms with Crippen LogP contribution in [-0.2, 0) is 20.6 Å². The van der Waals surface area contributed by atoms with E-state index in [1.165, 1.54) is 49.7 Å². The molecule has 9 nitrogen and oxygen atoms in total. The van der Waals surface area contributed by atoms with Crippen molar-refractivity contribution in [2.75, 3.05) is 24.4 Å². The Morgan fingerprint density at radius 3 is 2.38 bits per heavy atom. The summed E-state index contributed by atoms with van der Waals surface area (Å²) >= 11 is 0. The maximum absolute atomic E-state index is 13.7. The summed E-state index contributed by atoms with van der Waals surface area (Å²) in [6.45, 7) is -0.420. The second-order valence-corrected chi connectivity index (χ2v) is 7.82. The molecule has 3 N–H and O–H groups in total. The van der Waals surface area contributed by atoms with Crippen LogP contribution < -0.4 is 25.5 Å². The van der Waals surface area contributed by atoms with Crippen molar-refractivity contribution in [2.45, 2.75) is 12.6 Å². The summed E-state index contributed by atoms with van der Waals surface area (Å²) in [5.41, 5.74) is 1.57. The predicted molar refractivity (Wildman–Crippen MR) is 134 cm³/mol. The largest absolute Gasteiger partial charge is 0.493 e. The van der Waals surface area contributed by atoms with E-state index in [1.807, 2.05) is 0 Å². The van der Waals surface area contributed by atoms with E-state index in [-0.39, 0.29) is 22.9 Å². The lowest BCUT2D eigenvalue weighted by Gasteiger charge is -2.11. The fourth-order valence-electron chi connectivity index (χ4n) is 3.12. The topological polar surface area (TPSA) is 118 Å². The molecule has 0 aliphatic rings. The van der Waals surface area contributed by atoms with Gasteiger partial charge in [0.2, 0.25) is 11.8 Å². The number of anilines is 2. The summed E-state index contributed by atoms with van der Waals surface area (Å²) < 4.78 is 62.7. The number of alkyl halides is 3. The van der Waals surface area contributed by atoms with Gasteiger partial charge in [0.05, 0.1) is 24.6 Å². The molecule has 0 unspecified atom stereocenters. The minimum absolute atomic E-state index is 0.0137. The van der Waals surface area contributed by atoms with Gasteiger partial charge < -0.3 is 20.1 Å². The molecule has 0 saturated carbocycles. The molecule has 0 fully saturated rings. The van der Waals surface area contributed by atoms with Crippen LogP contribution in [0.4, 0.5) is 28.9 Å². The quantitative estimate of drug-likeness (QED) is 0.151. The molecule has 0 atom stereocenters. The Kier molecular flexibility index (Phi) is 9.57. The van der Waals surface area contributed by atoms with Crippen LogP contribution >= 0.6 is 0 Å². The predicted octanol–water partition coefficient (Wildman–Crippen LogP) is 4.35. The number of hydrazone groups is 1. The van der Waals surface area contributed by atoms with Crippen LogP contribution in [0.1, 0.15) is 17.5 Å². The molecule has 0 aromatic heterocycles. The lowest BCUT2D eigenvalue weighted by molar-refractivity contribution is -0.137. The number of nitrogens with one attached hydrogen (secondary N) is 3. The van der Waals surface area contributed by atoms with Crippen molar-refractivity contribution in [1.82, 2.24) is 5.43 Å². The van der Waals surface area contributed by atoms with Gasteiger partial charge in [0.15, 0.2) is 18.1 Å². The average molecular weight is 546 g/mol. The van der Waals surface area contributed by atoms with Gasteiger partial charge in [-0.2, -0.15) is 18.3 Å². The highest BCUT2D eigenvalue weighted by Crippen LogP contribution is 2.31. The Bertz CT molecular complexity index is 1380. The molecule has 0 spiro atoms. The van der Waals surface area contributed by atoms with Gasteiger partial charge in [-0.15, -0.1) is 0 Å². The van der Waals surface area contributed by atoms with Gasteiger partial charge in [-0.05, 0) is 54.1 Å². The zero-order chi connectivity index (χ0) is 28.4. The van der Waals surface area contributed by atoms with Crippen LogP contribution in [0, 0.1) is 5.82 Å². The van der Waals surface area contributed by atoms with E-state index in [1.54, 1.807) is 12.1 Å². The summed E-state index contributed by atoms with van der Waals surface area (Å²) in [4.78, 5) is 36.0. The molecule has 0 heterocycles. The number of carbonyl (C=O) groups excluding carboxylic acids is 3. The highest BCUT2D eigenvalue weighted by atomic mass is 19.4. The number of benzene rings is 3. The van der Waals surface area contributed by atoms with E-state index >= 15 is 0 Å². The third kappa shape index (κ3) is 8.84. The van der Waals surface area contributed by atoms with Crippen molar-refractivity contribution in [1.29, 1.82) is 0 Å². The normalized spacial score (nSPS) is 11.1. The molecule has 13 heteroatoms. The van der Waals surface area contributed by atoms with Crippen LogP contribution in [0.25, 0.3) is 0 Å². The third-order valence-electron chi connectivity index (χ3n) is 4.89. The van der Waals surface area contributed by atoms with E-state index in [0.29, 0.717) is 5.56 Å². The van der Waals surface area contributed by atoms with E-state index in [9.17, 15) is 31.9 Å². The first-order valence-corrected chi connectivity index (χ1v) is 11.2. The Hall–Kier alpha value is -4.94. The van der Waals surface area contributed by atoms with Gasteiger partial charge in [-0.1, -0.05) is 18.2 Å². The minimum Gasteiger partial charge on any atom is -0.493 e. The van der Waals surface area contributed by atoms with Crippen molar-refractivity contribution in [3.8, 4) is 11.5 Å². The molecule has 204 valence electrons. The van der Waals surface area contributed by atoms with Crippen molar-refractivity contribution in [3.05, 3.63) is 83.7 Å². The second kappa shape index (κ2) is 13.0. The van der Waals surface area contributed by atoms with Crippen LogP contribution in [0.15, 0.2) is 71.8 Å². The van der Waals surface area contributed by atoms with E-state index in [4.69, 9.17) is 9.47 Å². The Morgan fingerprint density at radius 1 is 0.897 bits per heavy atom. The molecule has 3 amide bonds. The number of amides is 3. The molecular formula is C26H22F4N4O5. The number of hydrogen-bond acceptors (Lipinski definition) is 6. The number of halogens is 4. The Balaban J connectivity index is 1.49. The van der Waals surface area contributed by atoms with Gasteiger partial charge in [0, 0.05) is 5.69 Å². The molecular weight excluding hydrogens is 524 g/mol. The lowest BCUT2D eigenvalue weighted by atomic mass is 10.2. The summed E-state index contributed by atoms with van der Waals surface area (Å²) in [5, 5.41) is 8.34. The summed E-state index contributed by atoms with van der Waals surface area (Å²) in [7, 11) is 1.37. The monoisotopic (exact) mass is 546 g/mol. The molecule has 3 rings (SSSR count). The zero-order valence-corrected chi connectivity index (χ0v) is 20.3. The number of hydrogen-bond donors (Lipinski definition) is 3. The van der Waals surface area contributed by atoms with Crippen molar-refractivity contribution in [2.24, 2.45) is 5.10 Å². The highest BCUT2D eigenvalue weighted by molar-refractivity contribution is 6.03. The number of nitrogens with zero attached hydrogens (tertiary/aromatic N) is 1. The summed E-state index contributed by atoms with van der Waals surface area (Å²) in [6, 6.07) is 14.2. The van der Waals surface area contributed by atoms with Crippen LogP contribution in [0.3, 0.4) is 0 Å². The van der Waals surface area contributed by atoms with Crippen molar-refractivity contribution in [3.63, 3.8) is 0 Å².